The molecule has 2 aromatic rings. The van der Waals surface area contributed by atoms with Gasteiger partial charge in [-0.3, -0.25) is 10.1 Å². The van der Waals surface area contributed by atoms with E-state index in [4.69, 9.17) is 0 Å². The Labute approximate surface area is 118 Å². The van der Waals surface area contributed by atoms with Crippen LogP contribution in [0.2, 0.25) is 0 Å². The summed E-state index contributed by atoms with van der Waals surface area (Å²) in [6.45, 7) is 1.56. The van der Waals surface area contributed by atoms with Crippen molar-refractivity contribution in [1.29, 1.82) is 0 Å². The molecule has 0 aliphatic carbocycles. The molecule has 1 N–H and O–H groups in total. The maximum atomic E-state index is 13.8. The summed E-state index contributed by atoms with van der Waals surface area (Å²) in [6.07, 6.45) is 0. The number of rotatable bonds is 4. The van der Waals surface area contributed by atoms with Crippen molar-refractivity contribution < 1.29 is 18.1 Å². The highest BCUT2D eigenvalue weighted by Gasteiger charge is 2.23. The maximum Gasteiger partial charge on any atom is 0.295 e. The van der Waals surface area contributed by atoms with Gasteiger partial charge in [0, 0.05) is 12.1 Å². The number of hydrogen-bond acceptors (Lipinski definition) is 3. The van der Waals surface area contributed by atoms with E-state index < -0.39 is 39.8 Å². The smallest absolute Gasteiger partial charge is 0.295 e. The average Bonchev–Trinajstić information content (AvgIpc) is 2.43. The van der Waals surface area contributed by atoms with Crippen molar-refractivity contribution in [2.45, 2.75) is 13.0 Å². The third-order valence-electron chi connectivity index (χ3n) is 2.98. The zero-order chi connectivity index (χ0) is 15.6. The predicted molar refractivity (Wildman–Crippen MR) is 71.5 cm³/mol. The Morgan fingerprint density at radius 1 is 1.19 bits per heavy atom. The van der Waals surface area contributed by atoms with E-state index in [1.54, 1.807) is 13.0 Å². The Hall–Kier alpha value is -2.57. The molecule has 21 heavy (non-hydrogen) atoms. The molecule has 0 bridgehead atoms. The van der Waals surface area contributed by atoms with Crippen molar-refractivity contribution >= 4 is 11.4 Å². The number of nitro groups is 1. The molecule has 1 unspecified atom stereocenters. The lowest BCUT2D eigenvalue weighted by atomic mass is 10.1. The molecule has 0 heterocycles. The first-order valence-electron chi connectivity index (χ1n) is 6.04. The van der Waals surface area contributed by atoms with Crippen LogP contribution in [0.5, 0.6) is 0 Å². The van der Waals surface area contributed by atoms with E-state index in [9.17, 15) is 23.3 Å². The van der Waals surface area contributed by atoms with Gasteiger partial charge in [0.15, 0.2) is 17.3 Å². The summed E-state index contributed by atoms with van der Waals surface area (Å²) >= 11 is 0. The summed E-state index contributed by atoms with van der Waals surface area (Å²) in [6, 6.07) is 6.39. The number of anilines is 1. The Balaban J connectivity index is 2.39. The van der Waals surface area contributed by atoms with Crippen molar-refractivity contribution in [3.63, 3.8) is 0 Å². The van der Waals surface area contributed by atoms with Crippen LogP contribution < -0.4 is 5.32 Å². The molecule has 0 aromatic heterocycles. The van der Waals surface area contributed by atoms with E-state index in [2.05, 4.69) is 5.32 Å². The second-order valence-corrected chi connectivity index (χ2v) is 4.43. The van der Waals surface area contributed by atoms with E-state index in [0.717, 1.165) is 6.07 Å². The first-order valence-corrected chi connectivity index (χ1v) is 6.04. The molecule has 0 amide bonds. The predicted octanol–water partition coefficient (Wildman–Crippen LogP) is 4.19. The van der Waals surface area contributed by atoms with E-state index in [1.165, 1.54) is 18.2 Å². The van der Waals surface area contributed by atoms with Gasteiger partial charge in [-0.15, -0.1) is 0 Å². The highest BCUT2D eigenvalue weighted by atomic mass is 19.2. The van der Waals surface area contributed by atoms with Gasteiger partial charge in [-0.1, -0.05) is 12.1 Å². The number of hydrogen-bond donors (Lipinski definition) is 1. The summed E-state index contributed by atoms with van der Waals surface area (Å²) < 4.78 is 40.2. The van der Waals surface area contributed by atoms with Gasteiger partial charge in [-0.05, 0) is 30.7 Å². The van der Waals surface area contributed by atoms with E-state index >= 15 is 0 Å². The molecule has 0 saturated carbocycles. The fourth-order valence-electron chi connectivity index (χ4n) is 1.91. The van der Waals surface area contributed by atoms with E-state index in [-0.39, 0.29) is 0 Å². The van der Waals surface area contributed by atoms with Gasteiger partial charge in [-0.2, -0.15) is 0 Å². The standard InChI is InChI=1S/C14H11F3N2O2/c1-8(9-3-2-4-10(15)7-9)18-14-12(19(20)21)6-5-11(16)13(14)17/h2-8,18H,1H3. The SMILES string of the molecule is CC(Nc1c([N+](=O)[O-])ccc(F)c1F)c1cccc(F)c1. The van der Waals surface area contributed by atoms with Crippen LogP contribution >= 0.6 is 0 Å². The first kappa shape index (κ1) is 14.8. The van der Waals surface area contributed by atoms with E-state index in [1.807, 2.05) is 0 Å². The highest BCUT2D eigenvalue weighted by molar-refractivity contribution is 5.63. The van der Waals surface area contributed by atoms with Crippen LogP contribution in [-0.4, -0.2) is 4.92 Å². The van der Waals surface area contributed by atoms with Gasteiger partial charge in [0.1, 0.15) is 5.82 Å². The van der Waals surface area contributed by atoms with Crippen LogP contribution in [-0.2, 0) is 0 Å². The molecule has 4 nitrogen and oxygen atoms in total. The third kappa shape index (κ3) is 3.13. The molecular formula is C14H11F3N2O2. The van der Waals surface area contributed by atoms with Crippen molar-refractivity contribution in [3.8, 4) is 0 Å². The molecule has 2 aromatic carbocycles. The van der Waals surface area contributed by atoms with Crippen molar-refractivity contribution in [2.24, 2.45) is 0 Å². The van der Waals surface area contributed by atoms with Crippen LogP contribution in [0.1, 0.15) is 18.5 Å². The minimum atomic E-state index is -1.34. The molecule has 0 spiro atoms. The Morgan fingerprint density at radius 2 is 1.90 bits per heavy atom. The molecule has 1 atom stereocenters. The number of nitrogens with zero attached hydrogens (tertiary/aromatic N) is 1. The summed E-state index contributed by atoms with van der Waals surface area (Å²) in [4.78, 5) is 10.1. The fourth-order valence-corrected chi connectivity index (χ4v) is 1.91. The molecular weight excluding hydrogens is 285 g/mol. The summed E-state index contributed by atoms with van der Waals surface area (Å²) in [7, 11) is 0. The topological polar surface area (TPSA) is 55.2 Å². The molecule has 110 valence electrons. The zero-order valence-corrected chi connectivity index (χ0v) is 10.9. The summed E-state index contributed by atoms with van der Waals surface area (Å²) in [5.74, 6) is -3.03. The van der Waals surface area contributed by atoms with Gasteiger partial charge in [-0.25, -0.2) is 13.2 Å². The van der Waals surface area contributed by atoms with Crippen LogP contribution in [0, 0.1) is 27.6 Å². The number of halogens is 3. The van der Waals surface area contributed by atoms with Gasteiger partial charge >= 0.3 is 0 Å². The Morgan fingerprint density at radius 3 is 2.52 bits per heavy atom. The lowest BCUT2D eigenvalue weighted by Gasteiger charge is -2.16. The van der Waals surface area contributed by atoms with Crippen molar-refractivity contribution in [2.75, 3.05) is 5.32 Å². The molecule has 0 fully saturated rings. The van der Waals surface area contributed by atoms with Gasteiger partial charge < -0.3 is 5.32 Å². The normalized spacial score (nSPS) is 12.0. The fraction of sp³-hybridized carbons (Fsp3) is 0.143. The minimum absolute atomic E-state index is 0.452. The average molecular weight is 296 g/mol. The Kier molecular flexibility index (Phi) is 4.11. The number of benzene rings is 2. The lowest BCUT2D eigenvalue weighted by Crippen LogP contribution is -2.11. The van der Waals surface area contributed by atoms with Crippen LogP contribution in [0.3, 0.4) is 0 Å². The van der Waals surface area contributed by atoms with Crippen molar-refractivity contribution in [1.82, 2.24) is 0 Å². The van der Waals surface area contributed by atoms with E-state index in [0.29, 0.717) is 11.6 Å². The van der Waals surface area contributed by atoms with Gasteiger partial charge in [0.05, 0.1) is 4.92 Å². The van der Waals surface area contributed by atoms with Crippen LogP contribution in [0.4, 0.5) is 24.5 Å². The number of nitrogens with one attached hydrogen (secondary N) is 1. The van der Waals surface area contributed by atoms with Crippen LogP contribution in [0.15, 0.2) is 36.4 Å². The monoisotopic (exact) mass is 296 g/mol. The zero-order valence-electron chi connectivity index (χ0n) is 10.9. The molecule has 0 aliphatic rings. The second kappa shape index (κ2) is 5.82. The van der Waals surface area contributed by atoms with Gasteiger partial charge in [0.25, 0.3) is 5.69 Å². The lowest BCUT2D eigenvalue weighted by molar-refractivity contribution is -0.384. The highest BCUT2D eigenvalue weighted by Crippen LogP contribution is 2.32. The third-order valence-corrected chi connectivity index (χ3v) is 2.98. The maximum absolute atomic E-state index is 13.8. The van der Waals surface area contributed by atoms with Gasteiger partial charge in [0.2, 0.25) is 0 Å². The quantitative estimate of drug-likeness (QED) is 0.680. The van der Waals surface area contributed by atoms with Crippen LogP contribution in [0.25, 0.3) is 0 Å². The number of nitro benzene ring substituents is 1. The molecule has 0 radical (unpaired) electrons. The summed E-state index contributed by atoms with van der Waals surface area (Å²) in [5, 5.41) is 13.4. The Bertz CT molecular complexity index is 692. The summed E-state index contributed by atoms with van der Waals surface area (Å²) in [5.41, 5.74) is -0.693. The largest absolute Gasteiger partial charge is 0.370 e. The molecule has 0 saturated heterocycles. The second-order valence-electron chi connectivity index (χ2n) is 4.43. The first-order chi connectivity index (χ1) is 9.90. The molecule has 2 rings (SSSR count). The van der Waals surface area contributed by atoms with Crippen molar-refractivity contribution in [3.05, 3.63) is 69.5 Å². The molecule has 0 aliphatic heterocycles. The molecule has 7 heteroatoms. The minimum Gasteiger partial charge on any atom is -0.370 e.